The minimum absolute atomic E-state index is 0.00655. The number of amides is 1. The monoisotopic (exact) mass is 570 g/mol. The van der Waals surface area contributed by atoms with E-state index in [1.165, 1.54) is 46.8 Å². The van der Waals surface area contributed by atoms with Gasteiger partial charge in [-0.2, -0.15) is 4.31 Å². The summed E-state index contributed by atoms with van der Waals surface area (Å²) in [6, 6.07) is 9.82. The van der Waals surface area contributed by atoms with Crippen LogP contribution in [0.25, 0.3) is 0 Å². The number of hydrogen-bond donors (Lipinski definition) is 1. The van der Waals surface area contributed by atoms with Crippen molar-refractivity contribution in [3.8, 4) is 5.75 Å². The van der Waals surface area contributed by atoms with Crippen LogP contribution in [-0.2, 0) is 29.6 Å². The number of benzene rings is 2. The zero-order valence-electron chi connectivity index (χ0n) is 21.0. The first-order chi connectivity index (χ1) is 17.9. The standard InChI is InChI=1S/C23H30N4O9S2/c1-3-22(26(37(2,31)32)18-5-4-6-19(17-18)27(29)30)23(28)24-11-14-36-20-7-9-21(10-8-20)38(33,34)25-12-15-35-16-13-25/h4-10,17,22H,3,11-16H2,1-2H3,(H,24,28). The lowest BCUT2D eigenvalue weighted by atomic mass is 10.2. The van der Waals surface area contributed by atoms with E-state index in [4.69, 9.17) is 9.47 Å². The van der Waals surface area contributed by atoms with Gasteiger partial charge in [0.1, 0.15) is 18.4 Å². The highest BCUT2D eigenvalue weighted by Gasteiger charge is 2.32. The third kappa shape index (κ3) is 7.18. The van der Waals surface area contributed by atoms with Gasteiger partial charge in [0.25, 0.3) is 5.69 Å². The van der Waals surface area contributed by atoms with E-state index in [1.807, 2.05) is 0 Å². The molecule has 1 aliphatic rings. The fourth-order valence-electron chi connectivity index (χ4n) is 3.91. The van der Waals surface area contributed by atoms with Crippen LogP contribution in [0.1, 0.15) is 13.3 Å². The van der Waals surface area contributed by atoms with Crippen molar-refractivity contribution in [2.75, 3.05) is 50.0 Å². The van der Waals surface area contributed by atoms with Gasteiger partial charge in [-0.25, -0.2) is 16.8 Å². The third-order valence-electron chi connectivity index (χ3n) is 5.73. The first-order valence-corrected chi connectivity index (χ1v) is 15.1. The smallest absolute Gasteiger partial charge is 0.271 e. The average Bonchev–Trinajstić information content (AvgIpc) is 2.89. The van der Waals surface area contributed by atoms with Gasteiger partial charge >= 0.3 is 0 Å². The number of hydrogen-bond acceptors (Lipinski definition) is 9. The van der Waals surface area contributed by atoms with E-state index >= 15 is 0 Å². The van der Waals surface area contributed by atoms with Gasteiger partial charge < -0.3 is 14.8 Å². The van der Waals surface area contributed by atoms with Gasteiger partial charge in [0, 0.05) is 25.2 Å². The lowest BCUT2D eigenvalue weighted by Crippen LogP contribution is -2.50. The van der Waals surface area contributed by atoms with Crippen LogP contribution in [0.3, 0.4) is 0 Å². The van der Waals surface area contributed by atoms with Gasteiger partial charge in [0.15, 0.2) is 0 Å². The topological polar surface area (TPSA) is 165 Å². The largest absolute Gasteiger partial charge is 0.492 e. The number of sulfonamides is 2. The van der Waals surface area contributed by atoms with Crippen molar-refractivity contribution in [3.05, 3.63) is 58.6 Å². The van der Waals surface area contributed by atoms with E-state index in [9.17, 15) is 31.7 Å². The number of morpholine rings is 1. The Morgan fingerprint density at radius 3 is 2.39 bits per heavy atom. The molecule has 0 aromatic heterocycles. The Bertz CT molecular complexity index is 1340. The Kier molecular flexibility index (Phi) is 9.65. The Labute approximate surface area is 221 Å². The maximum atomic E-state index is 12.9. The van der Waals surface area contributed by atoms with E-state index in [0.717, 1.165) is 16.6 Å². The van der Waals surface area contributed by atoms with Crippen LogP contribution >= 0.6 is 0 Å². The first-order valence-electron chi connectivity index (χ1n) is 11.8. The molecule has 1 N–H and O–H groups in total. The van der Waals surface area contributed by atoms with Crippen molar-refractivity contribution >= 4 is 37.3 Å². The van der Waals surface area contributed by atoms with Gasteiger partial charge in [-0.3, -0.25) is 19.2 Å². The van der Waals surface area contributed by atoms with E-state index in [0.29, 0.717) is 19.0 Å². The summed E-state index contributed by atoms with van der Waals surface area (Å²) in [4.78, 5) is 23.5. The van der Waals surface area contributed by atoms with E-state index in [-0.39, 0.29) is 48.9 Å². The van der Waals surface area contributed by atoms with Crippen molar-refractivity contribution in [3.63, 3.8) is 0 Å². The summed E-state index contributed by atoms with van der Waals surface area (Å²) in [5.74, 6) is -0.207. The number of carbonyl (C=O) groups is 1. The Balaban J connectivity index is 1.60. The van der Waals surface area contributed by atoms with Crippen LogP contribution in [-0.4, -0.2) is 83.7 Å². The summed E-state index contributed by atoms with van der Waals surface area (Å²) in [5, 5.41) is 13.8. The molecule has 1 unspecified atom stereocenters. The number of nitro benzene ring substituents is 1. The highest BCUT2D eigenvalue weighted by molar-refractivity contribution is 7.92. The molecule has 1 saturated heterocycles. The molecule has 1 aliphatic heterocycles. The summed E-state index contributed by atoms with van der Waals surface area (Å²) < 4.78 is 63.5. The number of ether oxygens (including phenoxy) is 2. The summed E-state index contributed by atoms with van der Waals surface area (Å²) in [7, 11) is -7.58. The number of anilines is 1. The molecular weight excluding hydrogens is 540 g/mol. The van der Waals surface area contributed by atoms with Gasteiger partial charge in [0.05, 0.1) is 41.5 Å². The average molecular weight is 571 g/mol. The normalized spacial score (nSPS) is 15.4. The zero-order valence-corrected chi connectivity index (χ0v) is 22.6. The van der Waals surface area contributed by atoms with Crippen molar-refractivity contribution in [1.82, 2.24) is 9.62 Å². The number of nitrogens with one attached hydrogen (secondary N) is 1. The molecule has 15 heteroatoms. The molecule has 0 spiro atoms. The van der Waals surface area contributed by atoms with E-state index < -0.39 is 36.9 Å². The van der Waals surface area contributed by atoms with Crippen LogP contribution in [0.5, 0.6) is 5.75 Å². The van der Waals surface area contributed by atoms with E-state index in [1.54, 1.807) is 6.92 Å². The van der Waals surface area contributed by atoms with E-state index in [2.05, 4.69) is 5.32 Å². The van der Waals surface area contributed by atoms with Crippen molar-refractivity contribution in [1.29, 1.82) is 0 Å². The second kappa shape index (κ2) is 12.5. The van der Waals surface area contributed by atoms with Gasteiger partial charge in [0.2, 0.25) is 26.0 Å². The molecule has 13 nitrogen and oxygen atoms in total. The Morgan fingerprint density at radius 1 is 1.16 bits per heavy atom. The van der Waals surface area contributed by atoms with Gasteiger partial charge in [-0.05, 0) is 36.8 Å². The summed E-state index contributed by atoms with van der Waals surface area (Å²) in [6.45, 7) is 2.97. The lowest BCUT2D eigenvalue weighted by molar-refractivity contribution is -0.384. The number of nitro groups is 1. The Morgan fingerprint density at radius 2 is 1.82 bits per heavy atom. The fraction of sp³-hybridized carbons (Fsp3) is 0.435. The molecule has 1 heterocycles. The molecule has 2 aromatic rings. The van der Waals surface area contributed by atoms with Crippen LogP contribution in [0.4, 0.5) is 11.4 Å². The van der Waals surface area contributed by atoms with Crippen LogP contribution < -0.4 is 14.4 Å². The highest BCUT2D eigenvalue weighted by atomic mass is 32.2. The molecule has 3 rings (SSSR count). The molecule has 1 fully saturated rings. The molecule has 1 atom stereocenters. The van der Waals surface area contributed by atoms with Crippen LogP contribution in [0, 0.1) is 10.1 Å². The number of carbonyl (C=O) groups excluding carboxylic acids is 1. The second-order valence-corrected chi connectivity index (χ2v) is 12.2. The maximum Gasteiger partial charge on any atom is 0.271 e. The molecule has 208 valence electrons. The molecule has 1 amide bonds. The second-order valence-electron chi connectivity index (χ2n) is 8.39. The number of nitrogens with zero attached hydrogens (tertiary/aromatic N) is 3. The fourth-order valence-corrected chi connectivity index (χ4v) is 6.52. The zero-order chi connectivity index (χ0) is 27.9. The van der Waals surface area contributed by atoms with Crippen molar-refractivity contribution < 1.29 is 36.0 Å². The summed E-state index contributed by atoms with van der Waals surface area (Å²) in [6.07, 6.45) is 1.04. The highest BCUT2D eigenvalue weighted by Crippen LogP contribution is 2.26. The predicted octanol–water partition coefficient (Wildman–Crippen LogP) is 1.36. The van der Waals surface area contributed by atoms with Crippen LogP contribution in [0.2, 0.25) is 0 Å². The number of non-ortho nitro benzene ring substituents is 1. The molecule has 0 bridgehead atoms. The summed E-state index contributed by atoms with van der Waals surface area (Å²) in [5.41, 5.74) is -0.296. The first kappa shape index (κ1) is 29.3. The van der Waals surface area contributed by atoms with Gasteiger partial charge in [-0.1, -0.05) is 13.0 Å². The van der Waals surface area contributed by atoms with Crippen molar-refractivity contribution in [2.45, 2.75) is 24.3 Å². The molecule has 0 radical (unpaired) electrons. The molecule has 0 saturated carbocycles. The molecular formula is C23H30N4O9S2. The third-order valence-corrected chi connectivity index (χ3v) is 8.82. The van der Waals surface area contributed by atoms with Crippen molar-refractivity contribution in [2.24, 2.45) is 0 Å². The molecule has 0 aliphatic carbocycles. The Hall–Kier alpha value is -3.27. The quantitative estimate of drug-likeness (QED) is 0.225. The predicted molar refractivity (Wildman–Crippen MR) is 139 cm³/mol. The molecule has 38 heavy (non-hydrogen) atoms. The number of rotatable bonds is 12. The SMILES string of the molecule is CCC(C(=O)NCCOc1ccc(S(=O)(=O)N2CCOCC2)cc1)N(c1cccc([N+](=O)[O-])c1)S(C)(=O)=O. The minimum Gasteiger partial charge on any atom is -0.492 e. The minimum atomic E-state index is -3.96. The maximum absolute atomic E-state index is 12.9. The molecule has 2 aromatic carbocycles. The van der Waals surface area contributed by atoms with Gasteiger partial charge in [-0.15, -0.1) is 0 Å². The van der Waals surface area contributed by atoms with Crippen LogP contribution in [0.15, 0.2) is 53.4 Å². The summed E-state index contributed by atoms with van der Waals surface area (Å²) >= 11 is 0. The lowest BCUT2D eigenvalue weighted by Gasteiger charge is -2.30.